The Morgan fingerprint density at radius 1 is 1.47 bits per heavy atom. The molecule has 0 saturated heterocycles. The Morgan fingerprint density at radius 3 is 2.71 bits per heavy atom. The summed E-state index contributed by atoms with van der Waals surface area (Å²) in [5, 5.41) is 0. The lowest BCUT2D eigenvalue weighted by Gasteiger charge is -2.12. The van der Waals surface area contributed by atoms with Crippen molar-refractivity contribution in [2.75, 3.05) is 0 Å². The van der Waals surface area contributed by atoms with Gasteiger partial charge in [0.2, 0.25) is 0 Å². The maximum atomic E-state index is 11.5. The van der Waals surface area contributed by atoms with Crippen LogP contribution in [0.3, 0.4) is 0 Å². The van der Waals surface area contributed by atoms with Crippen molar-refractivity contribution in [1.29, 1.82) is 0 Å². The molecular weight excluding hydrogens is 328 g/mol. The van der Waals surface area contributed by atoms with E-state index in [-0.39, 0.29) is 11.5 Å². The maximum absolute atomic E-state index is 11.5. The van der Waals surface area contributed by atoms with Gasteiger partial charge in [-0.3, -0.25) is 9.52 Å². The number of allylic oxidation sites excluding steroid dienone is 1. The first-order chi connectivity index (χ1) is 7.87. The van der Waals surface area contributed by atoms with Crippen LogP contribution in [-0.2, 0) is 15.0 Å². The fraction of sp³-hybridized carbons (Fsp3) is 0.111. The maximum Gasteiger partial charge on any atom is 0.342 e. The summed E-state index contributed by atoms with van der Waals surface area (Å²) in [6, 6.07) is 3.56. The zero-order valence-electron chi connectivity index (χ0n) is 8.60. The second-order valence-corrected chi connectivity index (χ2v) is 7.07. The lowest BCUT2D eigenvalue weighted by Crippen LogP contribution is -2.27. The molecule has 1 N–H and O–H groups in total. The van der Waals surface area contributed by atoms with Crippen LogP contribution >= 0.6 is 27.3 Å². The Kier molecular flexibility index (Phi) is 3.19. The van der Waals surface area contributed by atoms with Gasteiger partial charge in [-0.2, -0.15) is 8.42 Å². The molecule has 2 rings (SSSR count). The molecule has 0 unspecified atom stereocenters. The second-order valence-electron chi connectivity index (χ2n) is 3.27. The molecule has 1 aromatic rings. The number of halogens is 1. The number of Topliss-reactive ketones (excluding diaryl/α,β-unsaturated/α-hetero) is 1. The summed E-state index contributed by atoms with van der Waals surface area (Å²) in [6.07, 6.45) is 1.43. The van der Waals surface area contributed by atoms with Crippen LogP contribution in [0, 0.1) is 0 Å². The summed E-state index contributed by atoms with van der Waals surface area (Å²) in [5.41, 5.74) is 0.296. The zero-order chi connectivity index (χ0) is 12.6. The van der Waals surface area contributed by atoms with E-state index in [2.05, 4.69) is 25.0 Å². The normalized spacial score (nSPS) is 18.0. The van der Waals surface area contributed by atoms with Crippen molar-refractivity contribution in [1.82, 2.24) is 4.72 Å². The third kappa shape index (κ3) is 2.82. The van der Waals surface area contributed by atoms with E-state index in [1.807, 2.05) is 0 Å². The van der Waals surface area contributed by atoms with Crippen LogP contribution in [0.2, 0.25) is 0 Å². The van der Waals surface area contributed by atoms with Gasteiger partial charge < -0.3 is 0 Å². The third-order valence-corrected chi connectivity index (χ3v) is 4.51. The predicted molar refractivity (Wildman–Crippen MR) is 70.2 cm³/mol. The smallest absolute Gasteiger partial charge is 0.293 e. The van der Waals surface area contributed by atoms with Crippen molar-refractivity contribution in [3.05, 3.63) is 26.9 Å². The minimum Gasteiger partial charge on any atom is -0.293 e. The van der Waals surface area contributed by atoms with E-state index in [1.54, 1.807) is 12.1 Å². The number of nitrogens with zero attached hydrogens (tertiary/aromatic N) is 1. The van der Waals surface area contributed by atoms with Crippen molar-refractivity contribution in [3.8, 4) is 0 Å². The van der Waals surface area contributed by atoms with Crippen molar-refractivity contribution < 1.29 is 13.2 Å². The molecule has 1 aliphatic heterocycles. The number of nitrogens with one attached hydrogen (secondary N) is 1. The number of hydrogen-bond donors (Lipinski definition) is 1. The quantitative estimate of drug-likeness (QED) is 0.894. The topological polar surface area (TPSA) is 75.6 Å². The number of rotatable bonds is 2. The molecule has 0 saturated carbocycles. The molecule has 8 heteroatoms. The summed E-state index contributed by atoms with van der Waals surface area (Å²) in [7, 11) is -3.82. The molecule has 5 nitrogen and oxygen atoms in total. The molecule has 0 fully saturated rings. The van der Waals surface area contributed by atoms with Gasteiger partial charge in [-0.25, -0.2) is 0 Å². The molecule has 1 aliphatic rings. The van der Waals surface area contributed by atoms with Crippen LogP contribution < -0.4 is 4.72 Å². The molecule has 0 aliphatic carbocycles. The number of hydrogen-bond acceptors (Lipinski definition) is 4. The lowest BCUT2D eigenvalue weighted by atomic mass is 10.2. The van der Waals surface area contributed by atoms with E-state index in [0.717, 1.165) is 3.79 Å². The Morgan fingerprint density at radius 2 is 2.18 bits per heavy atom. The van der Waals surface area contributed by atoms with Gasteiger partial charge >= 0.3 is 10.2 Å². The molecule has 0 spiro atoms. The van der Waals surface area contributed by atoms with Gasteiger partial charge in [-0.1, -0.05) is 0 Å². The van der Waals surface area contributed by atoms with E-state index in [9.17, 15) is 13.2 Å². The van der Waals surface area contributed by atoms with E-state index in [0.29, 0.717) is 10.6 Å². The van der Waals surface area contributed by atoms with E-state index in [1.165, 1.54) is 24.3 Å². The standard InChI is InChI=1S/C9H7BrN2O3S2/c1-5(13)6-4-7(12-17(14,15)11-6)8-2-3-9(10)16-8/h2-4,12H,1H3. The highest BCUT2D eigenvalue weighted by molar-refractivity contribution is 9.11. The molecule has 1 aromatic heterocycles. The van der Waals surface area contributed by atoms with Gasteiger partial charge in [0, 0.05) is 6.92 Å². The molecule has 0 aromatic carbocycles. The van der Waals surface area contributed by atoms with E-state index >= 15 is 0 Å². The van der Waals surface area contributed by atoms with Gasteiger partial charge in [0.05, 0.1) is 14.4 Å². The van der Waals surface area contributed by atoms with Gasteiger partial charge in [0.1, 0.15) is 5.71 Å². The van der Waals surface area contributed by atoms with Gasteiger partial charge in [0.25, 0.3) is 0 Å². The van der Waals surface area contributed by atoms with Crippen LogP contribution in [0.1, 0.15) is 11.8 Å². The molecule has 0 radical (unpaired) electrons. The fourth-order valence-electron chi connectivity index (χ4n) is 1.23. The van der Waals surface area contributed by atoms with Crippen molar-refractivity contribution >= 4 is 54.7 Å². The molecule has 2 heterocycles. The Hall–Kier alpha value is -0.990. The summed E-state index contributed by atoms with van der Waals surface area (Å²) >= 11 is 4.65. The lowest BCUT2D eigenvalue weighted by molar-refractivity contribution is -0.111. The van der Waals surface area contributed by atoms with Crippen LogP contribution in [-0.4, -0.2) is 19.9 Å². The largest absolute Gasteiger partial charge is 0.342 e. The summed E-state index contributed by atoms with van der Waals surface area (Å²) in [6.45, 7) is 1.28. The van der Waals surface area contributed by atoms with E-state index in [4.69, 9.17) is 0 Å². The third-order valence-electron chi connectivity index (χ3n) is 1.94. The minimum atomic E-state index is -3.82. The number of carbonyl (C=O) groups is 1. The van der Waals surface area contributed by atoms with Crippen LogP contribution in [0.15, 0.2) is 26.4 Å². The Bertz CT molecular complexity index is 643. The first kappa shape index (κ1) is 12.5. The van der Waals surface area contributed by atoms with E-state index < -0.39 is 10.2 Å². The molecule has 0 amide bonds. The second kappa shape index (κ2) is 4.35. The number of ketones is 1. The molecule has 0 atom stereocenters. The fourth-order valence-corrected chi connectivity index (χ4v) is 3.58. The SMILES string of the molecule is CC(=O)C1=NS(=O)(=O)NC(c2ccc(Br)s2)=C1. The number of carbonyl (C=O) groups excluding carboxylic acids is 1. The number of thiophene rings is 1. The van der Waals surface area contributed by atoms with Crippen molar-refractivity contribution in [2.24, 2.45) is 4.40 Å². The first-order valence-corrected chi connectivity index (χ1v) is 7.53. The average molecular weight is 335 g/mol. The molecule has 0 bridgehead atoms. The predicted octanol–water partition coefficient (Wildman–Crippen LogP) is 1.73. The van der Waals surface area contributed by atoms with Crippen LogP contribution in [0.4, 0.5) is 0 Å². The van der Waals surface area contributed by atoms with Gasteiger partial charge in [-0.15, -0.1) is 15.7 Å². The van der Waals surface area contributed by atoms with Crippen molar-refractivity contribution in [2.45, 2.75) is 6.92 Å². The molecule has 90 valence electrons. The first-order valence-electron chi connectivity index (χ1n) is 4.48. The van der Waals surface area contributed by atoms with Gasteiger partial charge in [0.15, 0.2) is 5.78 Å². The summed E-state index contributed by atoms with van der Waals surface area (Å²) in [5.74, 6) is -0.386. The monoisotopic (exact) mass is 334 g/mol. The van der Waals surface area contributed by atoms with Crippen molar-refractivity contribution in [3.63, 3.8) is 0 Å². The highest BCUT2D eigenvalue weighted by atomic mass is 79.9. The van der Waals surface area contributed by atoms with Crippen LogP contribution in [0.25, 0.3) is 5.70 Å². The minimum absolute atomic E-state index is 0.0664. The highest BCUT2D eigenvalue weighted by Gasteiger charge is 2.21. The Labute approximate surface area is 111 Å². The summed E-state index contributed by atoms with van der Waals surface area (Å²) in [4.78, 5) is 11.9. The highest BCUT2D eigenvalue weighted by Crippen LogP contribution is 2.28. The average Bonchev–Trinajstić information content (AvgIpc) is 2.62. The summed E-state index contributed by atoms with van der Waals surface area (Å²) < 4.78 is 29.4. The molecular formula is C9H7BrN2O3S2. The Balaban J connectivity index is 2.50. The van der Waals surface area contributed by atoms with Crippen LogP contribution in [0.5, 0.6) is 0 Å². The molecule has 17 heavy (non-hydrogen) atoms. The van der Waals surface area contributed by atoms with Gasteiger partial charge in [-0.05, 0) is 34.1 Å². The zero-order valence-corrected chi connectivity index (χ0v) is 11.8.